The second kappa shape index (κ2) is 10.9. The standard InChI is InChI=1S/C20H24N11O11PS2/c21-14-8-15(24-3-23-14)30(4-25-8)18-10(32)12-6(39-18)1-27-45(36,37)42-13-7(2-38-43(35,44)41-12)40-19(11(13)33)31-5-26-9-16(31)28-20(22)29-17(9)34/h3-7,10-13,18-19,27,32-33H,1-2H2,(H,35,44)(H2,21,23,24)(H3,22,28,29,34)/t6-,7-,10-,11-,12-,13-,18-,19-,43-/m1/s1. The summed E-state index contributed by atoms with van der Waals surface area (Å²) in [6.45, 7) is -5.57. The third kappa shape index (κ3) is 5.36. The lowest BCUT2D eigenvalue weighted by Gasteiger charge is -2.27. The molecule has 3 aliphatic heterocycles. The molecule has 3 fully saturated rings. The lowest BCUT2D eigenvalue weighted by atomic mass is 10.1. The number of H-pyrrole nitrogens is 1. The van der Waals surface area contributed by atoms with Gasteiger partial charge in [0.2, 0.25) is 5.95 Å². The van der Waals surface area contributed by atoms with Crippen LogP contribution < -0.4 is 21.7 Å². The van der Waals surface area contributed by atoms with E-state index in [2.05, 4.69) is 46.9 Å². The van der Waals surface area contributed by atoms with Crippen molar-refractivity contribution < 1.29 is 45.9 Å². The van der Waals surface area contributed by atoms with Crippen LogP contribution in [0.5, 0.6) is 0 Å². The van der Waals surface area contributed by atoms with Gasteiger partial charge in [-0.05, 0) is 0 Å². The molecule has 0 amide bonds. The van der Waals surface area contributed by atoms with E-state index in [0.717, 1.165) is 10.9 Å². The highest BCUT2D eigenvalue weighted by Crippen LogP contribution is 2.56. The van der Waals surface area contributed by atoms with Gasteiger partial charge in [-0.15, -0.1) is 0 Å². The number of rotatable bonds is 2. The van der Waals surface area contributed by atoms with Gasteiger partial charge in [0.05, 0.1) is 19.3 Å². The second-order valence-corrected chi connectivity index (χ2v) is 14.4. The Morgan fingerprint density at radius 3 is 2.40 bits per heavy atom. The minimum atomic E-state index is -4.66. The quantitative estimate of drug-likeness (QED) is 0.0832. The fourth-order valence-electron chi connectivity index (χ4n) is 5.35. The Hall–Kier alpha value is -3.29. The number of aromatic amines is 1. The number of imidazole rings is 2. The molecule has 0 unspecified atom stereocenters. The highest BCUT2D eigenvalue weighted by Gasteiger charge is 2.52. The second-order valence-electron chi connectivity index (χ2n) is 10.2. The normalized spacial score (nSPS) is 35.5. The summed E-state index contributed by atoms with van der Waals surface area (Å²) in [4.78, 5) is 34.6. The number of fused-ring (bicyclic) bond motifs is 4. The molecule has 0 aliphatic carbocycles. The SMILES string of the molecule is Nc1nc2c(ncn2[C@@H]2O[C@@H]3CO[P@@](=O)(S)O[C@H]4[C@@H](O)[C@H](n5cnc6c(N)ncnc65)O[C@@H]4CNS(=O)(=O)O[C@H]3[C@H]2O)c(=O)[nH]1. The topological polar surface area (TPSA) is 309 Å². The number of aliphatic hydroxyl groups excluding tert-OH is 2. The molecule has 9 atom stereocenters. The molecular weight excluding hydrogens is 665 g/mol. The molecule has 3 aliphatic rings. The predicted octanol–water partition coefficient (Wildman–Crippen LogP) is -2.69. The van der Waals surface area contributed by atoms with E-state index >= 15 is 0 Å². The summed E-state index contributed by atoms with van der Waals surface area (Å²) in [5.74, 6) is -0.178. The van der Waals surface area contributed by atoms with E-state index in [1.54, 1.807) is 0 Å². The van der Waals surface area contributed by atoms with E-state index in [4.69, 9.17) is 34.2 Å². The van der Waals surface area contributed by atoms with Gasteiger partial charge >= 0.3 is 17.1 Å². The highest BCUT2D eigenvalue weighted by atomic mass is 32.7. The minimum Gasteiger partial charge on any atom is -0.386 e. The van der Waals surface area contributed by atoms with Crippen LogP contribution in [-0.2, 0) is 37.6 Å². The third-order valence-electron chi connectivity index (χ3n) is 7.36. The van der Waals surface area contributed by atoms with Crippen molar-refractivity contribution >= 4 is 63.4 Å². The Bertz CT molecular complexity index is 2010. The van der Waals surface area contributed by atoms with Crippen LogP contribution in [0.3, 0.4) is 0 Å². The number of nitrogens with two attached hydrogens (primary N) is 2. The van der Waals surface area contributed by atoms with Crippen molar-refractivity contribution in [3.05, 3.63) is 29.3 Å². The lowest BCUT2D eigenvalue weighted by molar-refractivity contribution is -0.0499. The van der Waals surface area contributed by atoms with Crippen LogP contribution in [0, 0.1) is 0 Å². The monoisotopic (exact) mass is 689 g/mol. The van der Waals surface area contributed by atoms with Crippen molar-refractivity contribution in [2.75, 3.05) is 24.6 Å². The largest absolute Gasteiger partial charge is 0.386 e. The molecule has 0 radical (unpaired) electrons. The zero-order valence-corrected chi connectivity index (χ0v) is 25.0. The first-order valence-corrected chi connectivity index (χ1v) is 17.1. The molecule has 4 aromatic heterocycles. The van der Waals surface area contributed by atoms with Crippen LogP contribution in [0.15, 0.2) is 23.8 Å². The van der Waals surface area contributed by atoms with E-state index in [-0.39, 0.29) is 34.1 Å². The molecule has 3 saturated heterocycles. The van der Waals surface area contributed by atoms with Crippen molar-refractivity contribution in [1.82, 2.24) is 43.8 Å². The van der Waals surface area contributed by atoms with Crippen molar-refractivity contribution in [3.63, 3.8) is 0 Å². The molecule has 7 heterocycles. The summed E-state index contributed by atoms with van der Waals surface area (Å²) >= 11 is 4.03. The summed E-state index contributed by atoms with van der Waals surface area (Å²) in [7, 11) is -4.66. The summed E-state index contributed by atoms with van der Waals surface area (Å²) in [5.41, 5.74) is 11.0. The maximum atomic E-state index is 13.4. The van der Waals surface area contributed by atoms with Gasteiger partial charge in [-0.3, -0.25) is 28.0 Å². The highest BCUT2D eigenvalue weighted by molar-refractivity contribution is 8.44. The zero-order valence-electron chi connectivity index (χ0n) is 22.4. The van der Waals surface area contributed by atoms with Crippen LogP contribution >= 0.6 is 19.0 Å². The molecule has 8 N–H and O–H groups in total. The minimum absolute atomic E-state index is 0.0691. The number of hydrogen-bond acceptors (Lipinski definition) is 18. The van der Waals surface area contributed by atoms with E-state index in [9.17, 15) is 28.0 Å². The van der Waals surface area contributed by atoms with Gasteiger partial charge in [0.1, 0.15) is 48.5 Å². The first-order valence-electron chi connectivity index (χ1n) is 13.0. The van der Waals surface area contributed by atoms with Crippen LogP contribution in [0.25, 0.3) is 22.3 Å². The molecule has 0 spiro atoms. The van der Waals surface area contributed by atoms with Crippen molar-refractivity contribution in [2.24, 2.45) is 0 Å². The third-order valence-corrected chi connectivity index (χ3v) is 9.97. The number of hydrogen-bond donors (Lipinski definition) is 7. The molecule has 4 aromatic rings. The van der Waals surface area contributed by atoms with Gasteiger partial charge in [-0.2, -0.15) is 18.1 Å². The zero-order chi connectivity index (χ0) is 31.8. The average molecular weight is 690 g/mol. The van der Waals surface area contributed by atoms with E-state index < -0.39 is 84.9 Å². The Labute approximate surface area is 256 Å². The predicted molar refractivity (Wildman–Crippen MR) is 151 cm³/mol. The molecular formula is C20H24N11O11PS2. The van der Waals surface area contributed by atoms with Crippen LogP contribution in [0.2, 0.25) is 0 Å². The van der Waals surface area contributed by atoms with Crippen molar-refractivity contribution in [3.8, 4) is 0 Å². The first kappa shape index (κ1) is 30.4. The number of anilines is 2. The first-order chi connectivity index (χ1) is 21.3. The van der Waals surface area contributed by atoms with Crippen molar-refractivity contribution in [2.45, 2.75) is 49.1 Å². The number of nitrogen functional groups attached to an aromatic ring is 2. The maximum absolute atomic E-state index is 13.4. The van der Waals surface area contributed by atoms with Gasteiger partial charge in [0.25, 0.3) is 5.56 Å². The number of aromatic nitrogens is 8. The van der Waals surface area contributed by atoms with E-state index in [0.29, 0.717) is 0 Å². The molecule has 45 heavy (non-hydrogen) atoms. The lowest BCUT2D eigenvalue weighted by Crippen LogP contribution is -2.45. The molecule has 7 rings (SSSR count). The Morgan fingerprint density at radius 2 is 1.64 bits per heavy atom. The smallest absolute Gasteiger partial charge is 0.386 e. The molecule has 0 aromatic carbocycles. The maximum Gasteiger partial charge on any atom is 0.386 e. The van der Waals surface area contributed by atoms with Crippen LogP contribution in [0.1, 0.15) is 12.5 Å². The van der Waals surface area contributed by atoms with Crippen LogP contribution in [-0.4, -0.2) is 107 Å². The van der Waals surface area contributed by atoms with E-state index in [1.807, 2.05) is 0 Å². The van der Waals surface area contributed by atoms with Gasteiger partial charge in [0, 0.05) is 6.54 Å². The Balaban J connectivity index is 1.17. The molecule has 242 valence electrons. The van der Waals surface area contributed by atoms with Gasteiger partial charge < -0.3 is 31.2 Å². The van der Waals surface area contributed by atoms with Crippen LogP contribution in [0.4, 0.5) is 11.8 Å². The summed E-state index contributed by atoms with van der Waals surface area (Å²) in [6, 6.07) is 0. The molecule has 0 bridgehead atoms. The van der Waals surface area contributed by atoms with Gasteiger partial charge in [-0.25, -0.2) is 28.7 Å². The molecule has 0 saturated carbocycles. The molecule has 25 heteroatoms. The fraction of sp³-hybridized carbons (Fsp3) is 0.500. The molecule has 22 nitrogen and oxygen atoms in total. The Morgan fingerprint density at radius 1 is 0.978 bits per heavy atom. The number of ether oxygens (including phenoxy) is 2. The van der Waals surface area contributed by atoms with Gasteiger partial charge in [-0.1, -0.05) is 12.2 Å². The summed E-state index contributed by atoms with van der Waals surface area (Å²) in [6.07, 6.45) is -8.12. The number of aliphatic hydroxyl groups is 2. The van der Waals surface area contributed by atoms with E-state index in [1.165, 1.54) is 17.2 Å². The number of nitrogens with one attached hydrogen (secondary N) is 2. The van der Waals surface area contributed by atoms with Gasteiger partial charge in [0.15, 0.2) is 35.1 Å². The average Bonchev–Trinajstić information content (AvgIpc) is 3.72. The van der Waals surface area contributed by atoms with Crippen molar-refractivity contribution in [1.29, 1.82) is 0 Å². The summed E-state index contributed by atoms with van der Waals surface area (Å²) in [5, 5.41) is 22.4. The summed E-state index contributed by atoms with van der Waals surface area (Å²) < 4.78 is 72.3. The number of nitrogens with zero attached hydrogens (tertiary/aromatic N) is 7. The Kier molecular flexibility index (Phi) is 7.36. The number of thiol groups is 1. The fourth-order valence-corrected chi connectivity index (χ4v) is 7.81.